The van der Waals surface area contributed by atoms with Gasteiger partial charge < -0.3 is 14.2 Å². The van der Waals surface area contributed by atoms with Crippen LogP contribution >= 0.6 is 0 Å². The second-order valence-electron chi connectivity index (χ2n) is 22.4. The zero-order valence-corrected chi connectivity index (χ0v) is 48.5. The van der Waals surface area contributed by atoms with Gasteiger partial charge in [0.15, 0.2) is 6.10 Å². The second-order valence-corrected chi connectivity index (χ2v) is 22.4. The molecule has 0 fully saturated rings. The fraction of sp³-hybridized carbons (Fsp3) is 0.954. The highest BCUT2D eigenvalue weighted by Gasteiger charge is 2.19. The number of esters is 3. The Labute approximate surface area is 444 Å². The van der Waals surface area contributed by atoms with Crippen LogP contribution in [-0.2, 0) is 28.6 Å². The third-order valence-corrected chi connectivity index (χ3v) is 15.1. The number of carbonyl (C=O) groups is 3. The number of ether oxygens (including phenoxy) is 3. The van der Waals surface area contributed by atoms with Crippen LogP contribution in [0.4, 0.5) is 0 Å². The van der Waals surface area contributed by atoms with Crippen molar-refractivity contribution in [2.75, 3.05) is 13.2 Å². The van der Waals surface area contributed by atoms with Gasteiger partial charge in [-0.05, 0) is 19.3 Å². The molecular weight excluding hydrogens is 877 g/mol. The lowest BCUT2D eigenvalue weighted by atomic mass is 10.0. The molecular formula is C65H126O6. The minimum atomic E-state index is -0.762. The van der Waals surface area contributed by atoms with Crippen molar-refractivity contribution in [3.8, 4) is 0 Å². The van der Waals surface area contributed by atoms with Crippen LogP contribution in [0.2, 0.25) is 0 Å². The van der Waals surface area contributed by atoms with Crippen molar-refractivity contribution in [1.29, 1.82) is 0 Å². The molecule has 0 aromatic carbocycles. The molecule has 422 valence electrons. The molecule has 6 nitrogen and oxygen atoms in total. The molecule has 0 saturated heterocycles. The van der Waals surface area contributed by atoms with E-state index in [2.05, 4.69) is 20.8 Å². The van der Waals surface area contributed by atoms with E-state index in [9.17, 15) is 14.4 Å². The second kappa shape index (κ2) is 61.0. The van der Waals surface area contributed by atoms with E-state index in [1.165, 1.54) is 283 Å². The first kappa shape index (κ1) is 69.4. The Bertz CT molecular complexity index is 1060. The summed E-state index contributed by atoms with van der Waals surface area (Å²) in [6.45, 7) is 6.74. The lowest BCUT2D eigenvalue weighted by Crippen LogP contribution is -2.30. The molecule has 0 aromatic heterocycles. The summed E-state index contributed by atoms with van der Waals surface area (Å²) in [5, 5.41) is 0. The van der Waals surface area contributed by atoms with E-state index < -0.39 is 6.10 Å². The van der Waals surface area contributed by atoms with E-state index in [-0.39, 0.29) is 31.1 Å². The van der Waals surface area contributed by atoms with Crippen LogP contribution in [0.25, 0.3) is 0 Å². The molecule has 6 heteroatoms. The first-order chi connectivity index (χ1) is 35.0. The van der Waals surface area contributed by atoms with Crippen LogP contribution in [0.1, 0.15) is 380 Å². The maximum Gasteiger partial charge on any atom is 0.306 e. The average molecular weight is 1000 g/mol. The van der Waals surface area contributed by atoms with Gasteiger partial charge in [0.25, 0.3) is 0 Å². The van der Waals surface area contributed by atoms with Crippen LogP contribution in [0.5, 0.6) is 0 Å². The van der Waals surface area contributed by atoms with Crippen LogP contribution < -0.4 is 0 Å². The Morgan fingerprint density at radius 2 is 0.380 bits per heavy atom. The Hall–Kier alpha value is -1.59. The molecule has 0 bridgehead atoms. The quantitative estimate of drug-likeness (QED) is 0.0343. The van der Waals surface area contributed by atoms with Gasteiger partial charge in [-0.25, -0.2) is 0 Å². The Balaban J connectivity index is 4.28. The number of carbonyl (C=O) groups excluding carboxylic acids is 3. The maximum atomic E-state index is 12.9. The number of hydrogen-bond donors (Lipinski definition) is 0. The number of rotatable bonds is 61. The molecule has 0 rings (SSSR count). The summed E-state index contributed by atoms with van der Waals surface area (Å²) < 4.78 is 17.0. The summed E-state index contributed by atoms with van der Waals surface area (Å²) in [5.74, 6) is -0.822. The molecule has 0 radical (unpaired) electrons. The number of hydrogen-bond acceptors (Lipinski definition) is 6. The molecule has 0 saturated carbocycles. The van der Waals surface area contributed by atoms with Crippen LogP contribution in [0, 0.1) is 0 Å². The summed E-state index contributed by atoms with van der Waals surface area (Å²) in [6.07, 6.45) is 69.6. The lowest BCUT2D eigenvalue weighted by molar-refractivity contribution is -0.167. The average Bonchev–Trinajstić information content (AvgIpc) is 3.37. The van der Waals surface area contributed by atoms with Gasteiger partial charge in [0.2, 0.25) is 0 Å². The predicted molar refractivity (Wildman–Crippen MR) is 307 cm³/mol. The van der Waals surface area contributed by atoms with Crippen LogP contribution in [0.3, 0.4) is 0 Å². The Morgan fingerprint density at radius 3 is 0.563 bits per heavy atom. The first-order valence-corrected chi connectivity index (χ1v) is 32.5. The SMILES string of the molecule is CCCCCCCCCCCCCCCCCCCCC(=O)OC[C@@H](COC(=O)CCCCCCCCCCCCCCCCCCC)OC(=O)CCCCCCCCCCCCCCCCCCCC. The Kier molecular flexibility index (Phi) is 59.6. The Morgan fingerprint density at radius 1 is 0.225 bits per heavy atom. The summed E-state index contributed by atoms with van der Waals surface area (Å²) in [6, 6.07) is 0. The van der Waals surface area contributed by atoms with Crippen molar-refractivity contribution in [2.45, 2.75) is 386 Å². The molecule has 0 aliphatic carbocycles. The molecule has 0 aromatic rings. The van der Waals surface area contributed by atoms with Gasteiger partial charge in [-0.3, -0.25) is 14.4 Å². The monoisotopic (exact) mass is 1000 g/mol. The van der Waals surface area contributed by atoms with Gasteiger partial charge in [0, 0.05) is 19.3 Å². The van der Waals surface area contributed by atoms with Crippen molar-refractivity contribution in [2.24, 2.45) is 0 Å². The first-order valence-electron chi connectivity index (χ1n) is 32.5. The van der Waals surface area contributed by atoms with Gasteiger partial charge in [-0.2, -0.15) is 0 Å². The van der Waals surface area contributed by atoms with Crippen molar-refractivity contribution in [3.05, 3.63) is 0 Å². The summed E-state index contributed by atoms with van der Waals surface area (Å²) in [4.78, 5) is 38.3. The highest BCUT2D eigenvalue weighted by Crippen LogP contribution is 2.19. The standard InChI is InChI=1S/C65H126O6/c1-4-7-10-13-16-19-22-25-28-31-34-37-40-43-46-49-52-55-58-64(67)70-61-62(60-69-63(66)57-54-51-48-45-42-39-36-33-30-27-24-21-18-15-12-9-6-3)71-65(68)59-56-53-50-47-44-41-38-35-32-29-26-23-20-17-14-11-8-5-2/h62H,4-61H2,1-3H3/t62-/m1/s1. The summed E-state index contributed by atoms with van der Waals surface area (Å²) in [5.41, 5.74) is 0. The third-order valence-electron chi connectivity index (χ3n) is 15.1. The van der Waals surface area contributed by atoms with E-state index in [1.807, 2.05) is 0 Å². The topological polar surface area (TPSA) is 78.9 Å². The normalized spacial score (nSPS) is 11.9. The molecule has 0 aliphatic rings. The summed E-state index contributed by atoms with van der Waals surface area (Å²) >= 11 is 0. The van der Waals surface area contributed by atoms with E-state index in [4.69, 9.17) is 14.2 Å². The van der Waals surface area contributed by atoms with Crippen molar-refractivity contribution in [3.63, 3.8) is 0 Å². The fourth-order valence-corrected chi connectivity index (χ4v) is 10.2. The van der Waals surface area contributed by atoms with Gasteiger partial charge in [-0.15, -0.1) is 0 Å². The predicted octanol–water partition coefficient (Wildman–Crippen LogP) is 21.9. The summed E-state index contributed by atoms with van der Waals surface area (Å²) in [7, 11) is 0. The smallest absolute Gasteiger partial charge is 0.306 e. The highest BCUT2D eigenvalue weighted by molar-refractivity contribution is 5.71. The van der Waals surface area contributed by atoms with E-state index >= 15 is 0 Å². The van der Waals surface area contributed by atoms with Crippen LogP contribution in [-0.4, -0.2) is 37.2 Å². The van der Waals surface area contributed by atoms with Gasteiger partial charge in [0.1, 0.15) is 13.2 Å². The van der Waals surface area contributed by atoms with E-state index in [1.54, 1.807) is 0 Å². The van der Waals surface area contributed by atoms with E-state index in [0.717, 1.165) is 57.8 Å². The number of unbranched alkanes of at least 4 members (excludes halogenated alkanes) is 50. The zero-order chi connectivity index (χ0) is 51.4. The van der Waals surface area contributed by atoms with E-state index in [0.29, 0.717) is 19.3 Å². The van der Waals surface area contributed by atoms with Gasteiger partial charge in [0.05, 0.1) is 0 Å². The highest BCUT2D eigenvalue weighted by atomic mass is 16.6. The van der Waals surface area contributed by atoms with Crippen molar-refractivity contribution in [1.82, 2.24) is 0 Å². The molecule has 0 unspecified atom stereocenters. The molecule has 0 amide bonds. The molecule has 0 N–H and O–H groups in total. The maximum absolute atomic E-state index is 12.9. The van der Waals surface area contributed by atoms with Crippen LogP contribution in [0.15, 0.2) is 0 Å². The molecule has 0 heterocycles. The van der Waals surface area contributed by atoms with Gasteiger partial charge in [-0.1, -0.05) is 342 Å². The zero-order valence-electron chi connectivity index (χ0n) is 48.5. The van der Waals surface area contributed by atoms with Crippen molar-refractivity contribution >= 4 is 17.9 Å². The molecule has 0 aliphatic heterocycles. The van der Waals surface area contributed by atoms with Crippen molar-refractivity contribution < 1.29 is 28.6 Å². The third kappa shape index (κ3) is 59.2. The largest absolute Gasteiger partial charge is 0.462 e. The van der Waals surface area contributed by atoms with Gasteiger partial charge >= 0.3 is 17.9 Å². The molecule has 1 atom stereocenters. The minimum Gasteiger partial charge on any atom is -0.462 e. The molecule has 0 spiro atoms. The fourth-order valence-electron chi connectivity index (χ4n) is 10.2. The minimum absolute atomic E-state index is 0.0604. The molecule has 71 heavy (non-hydrogen) atoms. The lowest BCUT2D eigenvalue weighted by Gasteiger charge is -2.18.